The maximum Gasteiger partial charge on any atom is 0.338 e. The number of aryl methyl sites for hydroxylation is 1. The lowest BCUT2D eigenvalue weighted by atomic mass is 9.96. The zero-order valence-corrected chi connectivity index (χ0v) is 14.0. The molecule has 0 radical (unpaired) electrons. The van der Waals surface area contributed by atoms with Crippen molar-refractivity contribution in [1.29, 1.82) is 0 Å². The Morgan fingerprint density at radius 1 is 1.09 bits per heavy atom. The Balaban J connectivity index is 1.80. The molecular weight excluding hydrogens is 288 g/mol. The van der Waals surface area contributed by atoms with Gasteiger partial charge in [-0.3, -0.25) is 0 Å². The van der Waals surface area contributed by atoms with Gasteiger partial charge in [0.2, 0.25) is 0 Å². The summed E-state index contributed by atoms with van der Waals surface area (Å²) >= 11 is 0. The third-order valence-corrected chi connectivity index (χ3v) is 3.81. The molecule has 0 saturated carbocycles. The summed E-state index contributed by atoms with van der Waals surface area (Å²) < 4.78 is 11.0. The van der Waals surface area contributed by atoms with Crippen molar-refractivity contribution in [2.75, 3.05) is 0 Å². The lowest BCUT2D eigenvalue weighted by Gasteiger charge is -2.18. The number of rotatable bonds is 3. The second-order valence-electron chi connectivity index (χ2n) is 6.95. The van der Waals surface area contributed by atoms with E-state index in [1.54, 1.807) is 0 Å². The summed E-state index contributed by atoms with van der Waals surface area (Å²) in [6.45, 7) is 7.68. The summed E-state index contributed by atoms with van der Waals surface area (Å²) in [6.07, 6.45) is -0.687. The first-order valence-electron chi connectivity index (χ1n) is 7.89. The van der Waals surface area contributed by atoms with Crippen molar-refractivity contribution in [3.63, 3.8) is 0 Å². The van der Waals surface area contributed by atoms with Crippen LogP contribution in [0, 0.1) is 6.92 Å². The largest absolute Gasteiger partial charge is 0.458 e. The van der Waals surface area contributed by atoms with Gasteiger partial charge in [0.1, 0.15) is 11.7 Å². The number of epoxide rings is 1. The predicted molar refractivity (Wildman–Crippen MR) is 90.1 cm³/mol. The normalized spacial score (nSPS) is 20.2. The van der Waals surface area contributed by atoms with E-state index in [0.717, 1.165) is 5.56 Å². The van der Waals surface area contributed by atoms with Crippen LogP contribution >= 0.6 is 0 Å². The maximum atomic E-state index is 12.1. The van der Waals surface area contributed by atoms with Crippen LogP contribution in [0.25, 0.3) is 11.1 Å². The minimum atomic E-state index is -0.490. The summed E-state index contributed by atoms with van der Waals surface area (Å²) in [5, 5.41) is 0. The number of esters is 1. The van der Waals surface area contributed by atoms with Gasteiger partial charge in [0.25, 0.3) is 0 Å². The van der Waals surface area contributed by atoms with Crippen LogP contribution in [-0.2, 0) is 14.3 Å². The van der Waals surface area contributed by atoms with Crippen molar-refractivity contribution in [3.8, 4) is 11.1 Å². The van der Waals surface area contributed by atoms with Crippen molar-refractivity contribution < 1.29 is 14.3 Å². The number of carbonyl (C=O) groups is 1. The van der Waals surface area contributed by atoms with Gasteiger partial charge in [-0.05, 0) is 56.0 Å². The fourth-order valence-electron chi connectivity index (χ4n) is 2.65. The van der Waals surface area contributed by atoms with Gasteiger partial charge in [-0.1, -0.05) is 42.5 Å². The summed E-state index contributed by atoms with van der Waals surface area (Å²) in [7, 11) is 0. The predicted octanol–water partition coefficient (Wildman–Crippen LogP) is 4.44. The van der Waals surface area contributed by atoms with Crippen molar-refractivity contribution in [2.45, 2.75) is 45.5 Å². The van der Waals surface area contributed by atoms with Crippen LogP contribution in [0.1, 0.15) is 38.0 Å². The van der Waals surface area contributed by atoms with Crippen LogP contribution in [0.4, 0.5) is 0 Å². The van der Waals surface area contributed by atoms with E-state index >= 15 is 0 Å². The topological polar surface area (TPSA) is 38.8 Å². The van der Waals surface area contributed by atoms with Gasteiger partial charge in [-0.25, -0.2) is 4.79 Å². The maximum absolute atomic E-state index is 12.1. The molecule has 3 nitrogen and oxygen atoms in total. The first-order chi connectivity index (χ1) is 10.8. The Morgan fingerprint density at radius 2 is 1.78 bits per heavy atom. The van der Waals surface area contributed by atoms with Crippen LogP contribution in [0.15, 0.2) is 48.5 Å². The fraction of sp³-hybridized carbons (Fsp3) is 0.350. The van der Waals surface area contributed by atoms with E-state index in [1.807, 2.05) is 45.0 Å². The molecule has 3 rings (SSSR count). The summed E-state index contributed by atoms with van der Waals surface area (Å²) in [5.41, 5.74) is 4.07. The molecule has 1 aliphatic heterocycles. The van der Waals surface area contributed by atoms with Gasteiger partial charge in [0, 0.05) is 0 Å². The molecule has 1 fully saturated rings. The van der Waals surface area contributed by atoms with E-state index in [0.29, 0.717) is 0 Å². The molecule has 120 valence electrons. The highest BCUT2D eigenvalue weighted by atomic mass is 16.6. The summed E-state index contributed by atoms with van der Waals surface area (Å²) in [6, 6.07) is 16.4. The number of benzene rings is 2. The SMILES string of the molecule is Cc1ccc(C2OC2C(=O)OC(C)(C)C)cc1-c1ccccc1. The van der Waals surface area contributed by atoms with Crippen LogP contribution in [0.2, 0.25) is 0 Å². The Labute approximate surface area is 137 Å². The van der Waals surface area contributed by atoms with E-state index in [4.69, 9.17) is 9.47 Å². The van der Waals surface area contributed by atoms with E-state index in [9.17, 15) is 4.79 Å². The summed E-state index contributed by atoms with van der Waals surface area (Å²) in [5.74, 6) is -0.288. The highest BCUT2D eigenvalue weighted by Crippen LogP contribution is 2.41. The Morgan fingerprint density at radius 3 is 2.43 bits per heavy atom. The van der Waals surface area contributed by atoms with Crippen LogP contribution < -0.4 is 0 Å². The van der Waals surface area contributed by atoms with Crippen molar-refractivity contribution in [1.82, 2.24) is 0 Å². The van der Waals surface area contributed by atoms with Crippen molar-refractivity contribution in [2.24, 2.45) is 0 Å². The van der Waals surface area contributed by atoms with Crippen LogP contribution in [-0.4, -0.2) is 17.7 Å². The van der Waals surface area contributed by atoms with Gasteiger partial charge in [0.15, 0.2) is 6.10 Å². The zero-order chi connectivity index (χ0) is 16.6. The number of hydrogen-bond donors (Lipinski definition) is 0. The second kappa shape index (κ2) is 5.82. The quantitative estimate of drug-likeness (QED) is 0.621. The van der Waals surface area contributed by atoms with Gasteiger partial charge in [0.05, 0.1) is 0 Å². The molecule has 1 aliphatic rings. The van der Waals surface area contributed by atoms with Gasteiger partial charge >= 0.3 is 5.97 Å². The smallest absolute Gasteiger partial charge is 0.338 e. The zero-order valence-electron chi connectivity index (χ0n) is 14.0. The van der Waals surface area contributed by atoms with Crippen LogP contribution in [0.3, 0.4) is 0 Å². The lowest BCUT2D eigenvalue weighted by molar-refractivity contribution is -0.156. The third kappa shape index (κ3) is 3.62. The molecule has 0 aromatic heterocycles. The van der Waals surface area contributed by atoms with Gasteiger partial charge in [-0.15, -0.1) is 0 Å². The summed E-state index contributed by atoms with van der Waals surface area (Å²) in [4.78, 5) is 12.1. The minimum absolute atomic E-state index is 0.201. The molecule has 0 aliphatic carbocycles. The molecule has 0 amide bonds. The Kier molecular flexibility index (Phi) is 3.99. The number of hydrogen-bond acceptors (Lipinski definition) is 3. The molecule has 2 unspecified atom stereocenters. The number of ether oxygens (including phenoxy) is 2. The Hall–Kier alpha value is -2.13. The van der Waals surface area contributed by atoms with Gasteiger partial charge in [-0.2, -0.15) is 0 Å². The molecular formula is C20H22O3. The molecule has 2 aromatic rings. The highest BCUT2D eigenvalue weighted by Gasteiger charge is 2.48. The van der Waals surface area contributed by atoms with Crippen molar-refractivity contribution >= 4 is 5.97 Å². The average Bonchev–Trinajstić information content (AvgIpc) is 3.27. The van der Waals surface area contributed by atoms with E-state index < -0.39 is 11.7 Å². The fourth-order valence-corrected chi connectivity index (χ4v) is 2.65. The van der Waals surface area contributed by atoms with E-state index in [2.05, 4.69) is 31.2 Å². The molecule has 1 saturated heterocycles. The molecule has 0 bridgehead atoms. The molecule has 1 heterocycles. The second-order valence-corrected chi connectivity index (χ2v) is 6.95. The molecule has 0 N–H and O–H groups in total. The van der Waals surface area contributed by atoms with E-state index in [-0.39, 0.29) is 12.1 Å². The molecule has 0 spiro atoms. The molecule has 23 heavy (non-hydrogen) atoms. The third-order valence-electron chi connectivity index (χ3n) is 3.81. The van der Waals surface area contributed by atoms with Crippen molar-refractivity contribution in [3.05, 3.63) is 59.7 Å². The standard InChI is InChI=1S/C20H22O3/c1-13-10-11-15(12-16(13)14-8-6-5-7-9-14)17-18(22-17)19(21)23-20(2,3)4/h5-12,17-18H,1-4H3. The minimum Gasteiger partial charge on any atom is -0.458 e. The molecule has 2 aromatic carbocycles. The van der Waals surface area contributed by atoms with Gasteiger partial charge < -0.3 is 9.47 Å². The molecule has 3 heteroatoms. The average molecular weight is 310 g/mol. The highest BCUT2D eigenvalue weighted by molar-refractivity contribution is 5.79. The number of carbonyl (C=O) groups excluding carboxylic acids is 1. The van der Waals surface area contributed by atoms with E-state index in [1.165, 1.54) is 16.7 Å². The first kappa shape index (κ1) is 15.8. The first-order valence-corrected chi connectivity index (χ1v) is 7.89. The molecule has 2 atom stereocenters. The monoisotopic (exact) mass is 310 g/mol. The lowest BCUT2D eigenvalue weighted by Crippen LogP contribution is -2.26. The van der Waals surface area contributed by atoms with Crippen LogP contribution in [0.5, 0.6) is 0 Å². The Bertz CT molecular complexity index is 713.